The number of fused-ring (bicyclic) bond motifs is 1. The van der Waals surface area contributed by atoms with Crippen molar-refractivity contribution in [1.82, 2.24) is 9.55 Å². The fraction of sp³-hybridized carbons (Fsp3) is 0.167. The van der Waals surface area contributed by atoms with Crippen molar-refractivity contribution in [2.75, 3.05) is 19.5 Å². The molecule has 0 atom stereocenters. The van der Waals surface area contributed by atoms with E-state index < -0.39 is 11.9 Å². The summed E-state index contributed by atoms with van der Waals surface area (Å²) < 4.78 is 11.6. The number of para-hydroxylation sites is 2. The lowest BCUT2D eigenvalue weighted by Crippen LogP contribution is -2.13. The molecule has 4 aromatic rings. The number of imidazole rings is 1. The van der Waals surface area contributed by atoms with E-state index in [9.17, 15) is 14.4 Å². The maximum absolute atomic E-state index is 12.9. The van der Waals surface area contributed by atoms with Crippen LogP contribution < -0.4 is 5.32 Å². The van der Waals surface area contributed by atoms with Gasteiger partial charge in [0.2, 0.25) is 0 Å². The number of hydrogen-bond acceptors (Lipinski definition) is 7. The van der Waals surface area contributed by atoms with Crippen molar-refractivity contribution in [2.24, 2.45) is 0 Å². The Balaban J connectivity index is 1.64. The molecule has 0 aliphatic heterocycles. The van der Waals surface area contributed by atoms with Gasteiger partial charge < -0.3 is 19.4 Å². The molecule has 0 aliphatic rings. The topological polar surface area (TPSA) is 99.5 Å². The Hall–Kier alpha value is -3.98. The number of amides is 1. The normalized spacial score (nSPS) is 10.8. The molecule has 168 valence electrons. The average molecular weight is 464 g/mol. The van der Waals surface area contributed by atoms with Gasteiger partial charge in [0.15, 0.2) is 5.82 Å². The van der Waals surface area contributed by atoms with E-state index in [1.165, 1.54) is 43.8 Å². The first-order valence-electron chi connectivity index (χ1n) is 10.1. The number of carbonyl (C=O) groups is 3. The van der Waals surface area contributed by atoms with Gasteiger partial charge in [0, 0.05) is 12.2 Å². The third kappa shape index (κ3) is 4.35. The van der Waals surface area contributed by atoms with Crippen LogP contribution in [0.3, 0.4) is 0 Å². The van der Waals surface area contributed by atoms with Crippen LogP contribution in [0.25, 0.3) is 21.7 Å². The van der Waals surface area contributed by atoms with Crippen molar-refractivity contribution in [3.63, 3.8) is 0 Å². The molecule has 9 heteroatoms. The molecule has 0 saturated heterocycles. The SMILES string of the molecule is CCn1c(-c2ccc(C(=O)Nc3cc(C(=O)OC)cc(C(=O)OC)c3)s2)nc2ccccc21. The maximum atomic E-state index is 12.9. The lowest BCUT2D eigenvalue weighted by Gasteiger charge is -2.09. The minimum absolute atomic E-state index is 0.124. The van der Waals surface area contributed by atoms with Gasteiger partial charge in [-0.1, -0.05) is 12.1 Å². The van der Waals surface area contributed by atoms with Crippen LogP contribution in [-0.2, 0) is 16.0 Å². The maximum Gasteiger partial charge on any atom is 0.337 e. The van der Waals surface area contributed by atoms with Gasteiger partial charge in [0.05, 0.1) is 46.1 Å². The molecule has 2 aromatic heterocycles. The van der Waals surface area contributed by atoms with Crippen molar-refractivity contribution < 1.29 is 23.9 Å². The number of carbonyl (C=O) groups excluding carboxylic acids is 3. The highest BCUT2D eigenvalue weighted by Crippen LogP contribution is 2.31. The highest BCUT2D eigenvalue weighted by Gasteiger charge is 2.18. The summed E-state index contributed by atoms with van der Waals surface area (Å²) in [6.45, 7) is 2.79. The van der Waals surface area contributed by atoms with E-state index in [-0.39, 0.29) is 22.7 Å². The second-order valence-corrected chi connectivity index (χ2v) is 8.15. The van der Waals surface area contributed by atoms with Gasteiger partial charge in [-0.25, -0.2) is 14.6 Å². The molecule has 0 unspecified atom stereocenters. The Labute approximate surface area is 193 Å². The highest BCUT2D eigenvalue weighted by atomic mass is 32.1. The van der Waals surface area contributed by atoms with Crippen molar-refractivity contribution in [3.05, 3.63) is 70.6 Å². The smallest absolute Gasteiger partial charge is 0.337 e. The number of benzene rings is 2. The quantitative estimate of drug-likeness (QED) is 0.419. The Bertz CT molecular complexity index is 1340. The van der Waals surface area contributed by atoms with Crippen LogP contribution >= 0.6 is 11.3 Å². The van der Waals surface area contributed by atoms with Crippen molar-refractivity contribution in [1.29, 1.82) is 0 Å². The lowest BCUT2D eigenvalue weighted by atomic mass is 10.1. The fourth-order valence-corrected chi connectivity index (χ4v) is 4.43. The van der Waals surface area contributed by atoms with Gasteiger partial charge in [-0.3, -0.25) is 4.79 Å². The van der Waals surface area contributed by atoms with E-state index in [0.29, 0.717) is 4.88 Å². The summed E-state index contributed by atoms with van der Waals surface area (Å²) in [6, 6.07) is 15.7. The summed E-state index contributed by atoms with van der Waals surface area (Å²) in [5.74, 6) is -0.840. The fourth-order valence-electron chi connectivity index (χ4n) is 3.53. The number of methoxy groups -OCH3 is 2. The Kier molecular flexibility index (Phi) is 6.23. The number of rotatable bonds is 6. The van der Waals surface area contributed by atoms with E-state index in [4.69, 9.17) is 14.5 Å². The van der Waals surface area contributed by atoms with E-state index in [0.717, 1.165) is 28.3 Å². The number of nitrogens with one attached hydrogen (secondary N) is 1. The molecule has 8 nitrogen and oxygen atoms in total. The summed E-state index contributed by atoms with van der Waals surface area (Å²) in [7, 11) is 2.48. The first kappa shape index (κ1) is 22.2. The van der Waals surface area contributed by atoms with Crippen LogP contribution in [0.4, 0.5) is 5.69 Å². The van der Waals surface area contributed by atoms with Gasteiger partial charge in [-0.2, -0.15) is 0 Å². The largest absolute Gasteiger partial charge is 0.465 e. The van der Waals surface area contributed by atoms with E-state index in [1.807, 2.05) is 37.3 Å². The number of esters is 2. The van der Waals surface area contributed by atoms with E-state index in [1.54, 1.807) is 6.07 Å². The number of aryl methyl sites for hydroxylation is 1. The van der Waals surface area contributed by atoms with Crippen LogP contribution in [0.1, 0.15) is 37.3 Å². The lowest BCUT2D eigenvalue weighted by molar-refractivity contribution is 0.0599. The molecule has 0 saturated carbocycles. The Morgan fingerprint density at radius 2 is 1.64 bits per heavy atom. The number of hydrogen-bond donors (Lipinski definition) is 1. The van der Waals surface area contributed by atoms with E-state index in [2.05, 4.69) is 9.88 Å². The van der Waals surface area contributed by atoms with Crippen LogP contribution in [0.2, 0.25) is 0 Å². The summed E-state index contributed by atoms with van der Waals surface area (Å²) in [5.41, 5.74) is 2.45. The summed E-state index contributed by atoms with van der Waals surface area (Å²) in [5, 5.41) is 2.75. The number of ether oxygens (including phenoxy) is 2. The molecule has 0 spiro atoms. The van der Waals surface area contributed by atoms with Crippen LogP contribution in [0.5, 0.6) is 0 Å². The Morgan fingerprint density at radius 1 is 0.970 bits per heavy atom. The molecular weight excluding hydrogens is 442 g/mol. The van der Waals surface area contributed by atoms with Crippen molar-refractivity contribution >= 4 is 45.9 Å². The standard InChI is InChI=1S/C24H21N3O5S/c1-4-27-18-8-6-5-7-17(18)26-21(27)19-9-10-20(33-19)22(28)25-16-12-14(23(29)31-2)11-15(13-16)24(30)32-3/h5-13H,4H2,1-3H3,(H,25,28). The molecule has 1 N–H and O–H groups in total. The number of nitrogens with zero attached hydrogens (tertiary/aromatic N) is 2. The van der Waals surface area contributed by atoms with Gasteiger partial charge in [0.25, 0.3) is 5.91 Å². The molecule has 2 aromatic carbocycles. The molecule has 0 fully saturated rings. The molecule has 0 aliphatic carbocycles. The zero-order valence-electron chi connectivity index (χ0n) is 18.2. The predicted octanol–water partition coefficient (Wildman–Crippen LogP) is 4.61. The first-order valence-corrected chi connectivity index (χ1v) is 10.9. The molecule has 0 radical (unpaired) electrons. The van der Waals surface area contributed by atoms with Gasteiger partial charge in [-0.15, -0.1) is 11.3 Å². The van der Waals surface area contributed by atoms with Gasteiger partial charge >= 0.3 is 11.9 Å². The summed E-state index contributed by atoms with van der Waals surface area (Å²) >= 11 is 1.31. The number of anilines is 1. The van der Waals surface area contributed by atoms with Crippen molar-refractivity contribution in [3.8, 4) is 10.7 Å². The van der Waals surface area contributed by atoms with Crippen LogP contribution in [-0.4, -0.2) is 41.6 Å². The first-order chi connectivity index (χ1) is 15.9. The van der Waals surface area contributed by atoms with Gasteiger partial charge in [0.1, 0.15) is 0 Å². The minimum atomic E-state index is -0.631. The Morgan fingerprint density at radius 3 is 2.27 bits per heavy atom. The molecular formula is C24H21N3O5S. The molecule has 4 rings (SSSR count). The number of aromatic nitrogens is 2. The zero-order chi connectivity index (χ0) is 23.5. The second kappa shape index (κ2) is 9.25. The van der Waals surface area contributed by atoms with Crippen molar-refractivity contribution in [2.45, 2.75) is 13.5 Å². The minimum Gasteiger partial charge on any atom is -0.465 e. The van der Waals surface area contributed by atoms with Crippen LogP contribution in [0.15, 0.2) is 54.6 Å². The second-order valence-electron chi connectivity index (χ2n) is 7.07. The van der Waals surface area contributed by atoms with Gasteiger partial charge in [-0.05, 0) is 49.4 Å². The third-order valence-corrected chi connectivity index (χ3v) is 6.13. The summed E-state index contributed by atoms with van der Waals surface area (Å²) in [4.78, 5) is 42.9. The molecule has 33 heavy (non-hydrogen) atoms. The number of thiophene rings is 1. The third-order valence-electron chi connectivity index (χ3n) is 5.05. The monoisotopic (exact) mass is 463 g/mol. The molecule has 1 amide bonds. The highest BCUT2D eigenvalue weighted by molar-refractivity contribution is 7.17. The van der Waals surface area contributed by atoms with Crippen LogP contribution in [0, 0.1) is 0 Å². The zero-order valence-corrected chi connectivity index (χ0v) is 19.1. The predicted molar refractivity (Wildman–Crippen MR) is 126 cm³/mol. The summed E-state index contributed by atoms with van der Waals surface area (Å²) in [6.07, 6.45) is 0. The average Bonchev–Trinajstić information content (AvgIpc) is 3.47. The van der Waals surface area contributed by atoms with E-state index >= 15 is 0 Å². The molecule has 0 bridgehead atoms. The molecule has 2 heterocycles.